The molecule has 1 saturated heterocycles. The van der Waals surface area contributed by atoms with Crippen molar-refractivity contribution in [1.29, 1.82) is 0 Å². The molecule has 0 saturated carbocycles. The maximum atomic E-state index is 9.95. The van der Waals surface area contributed by atoms with E-state index in [2.05, 4.69) is 33.1 Å². The van der Waals surface area contributed by atoms with Gasteiger partial charge in [-0.3, -0.25) is 4.90 Å². The highest BCUT2D eigenvalue weighted by Crippen LogP contribution is 2.16. The summed E-state index contributed by atoms with van der Waals surface area (Å²) in [5.41, 5.74) is 0. The molecule has 2 N–H and O–H groups in total. The predicted molar refractivity (Wildman–Crippen MR) is 88.8 cm³/mol. The minimum Gasteiger partial charge on any atom is -0.491 e. The van der Waals surface area contributed by atoms with Crippen molar-refractivity contribution in [1.82, 2.24) is 10.2 Å². The number of nitrogens with one attached hydrogen (secondary N) is 1. The minimum atomic E-state index is -0.481. The van der Waals surface area contributed by atoms with Crippen molar-refractivity contribution < 1.29 is 9.84 Å². The molecule has 21 heavy (non-hydrogen) atoms. The molecule has 5 heteroatoms. The van der Waals surface area contributed by atoms with Crippen LogP contribution in [0.2, 0.25) is 0 Å². The summed E-state index contributed by atoms with van der Waals surface area (Å²) in [6.07, 6.45) is 2.06. The van der Waals surface area contributed by atoms with Gasteiger partial charge in [0, 0.05) is 23.6 Å². The fourth-order valence-corrected chi connectivity index (χ4v) is 3.01. The highest BCUT2D eigenvalue weighted by Gasteiger charge is 2.22. The summed E-state index contributed by atoms with van der Waals surface area (Å²) in [6.45, 7) is 6.36. The zero-order valence-corrected chi connectivity index (χ0v) is 14.2. The Hall–Kier alpha value is -0.620. The van der Waals surface area contributed by atoms with Crippen molar-refractivity contribution in [3.8, 4) is 5.75 Å². The zero-order valence-electron chi connectivity index (χ0n) is 12.6. The smallest absolute Gasteiger partial charge is 0.119 e. The fraction of sp³-hybridized carbons (Fsp3) is 0.625. The third kappa shape index (κ3) is 5.58. The number of likely N-dealkylation sites (tertiary alicyclic amines) is 1. The topological polar surface area (TPSA) is 44.7 Å². The van der Waals surface area contributed by atoms with E-state index < -0.39 is 6.10 Å². The molecule has 0 aromatic heterocycles. The lowest BCUT2D eigenvalue weighted by Crippen LogP contribution is -2.41. The van der Waals surface area contributed by atoms with Crippen molar-refractivity contribution in [2.24, 2.45) is 0 Å². The number of aliphatic hydroxyl groups excluding tert-OH is 1. The Morgan fingerprint density at radius 3 is 2.90 bits per heavy atom. The van der Waals surface area contributed by atoms with Crippen LogP contribution >= 0.6 is 15.9 Å². The second-order valence-corrected chi connectivity index (χ2v) is 6.42. The maximum Gasteiger partial charge on any atom is 0.119 e. The minimum absolute atomic E-state index is 0.316. The van der Waals surface area contributed by atoms with Crippen LogP contribution in [0.3, 0.4) is 0 Å². The van der Waals surface area contributed by atoms with Crippen LogP contribution in [0.1, 0.15) is 19.8 Å². The lowest BCUT2D eigenvalue weighted by Gasteiger charge is -2.23. The Labute approximate surface area is 135 Å². The summed E-state index contributed by atoms with van der Waals surface area (Å²) in [7, 11) is 0. The molecule has 118 valence electrons. The number of ether oxygens (including phenoxy) is 1. The average Bonchev–Trinajstić information content (AvgIpc) is 2.94. The van der Waals surface area contributed by atoms with Gasteiger partial charge >= 0.3 is 0 Å². The molecule has 0 radical (unpaired) electrons. The Morgan fingerprint density at radius 1 is 1.43 bits per heavy atom. The molecule has 2 unspecified atom stereocenters. The van der Waals surface area contributed by atoms with E-state index in [1.54, 1.807) is 0 Å². The molecular weight excluding hydrogens is 332 g/mol. The largest absolute Gasteiger partial charge is 0.491 e. The molecule has 4 nitrogen and oxygen atoms in total. The van der Waals surface area contributed by atoms with Crippen LogP contribution in [-0.4, -0.2) is 54.9 Å². The predicted octanol–water partition coefficient (Wildman–Crippen LogP) is 2.26. The van der Waals surface area contributed by atoms with Gasteiger partial charge in [-0.2, -0.15) is 0 Å². The van der Waals surface area contributed by atoms with E-state index in [1.807, 2.05) is 24.3 Å². The molecule has 1 fully saturated rings. The SMILES string of the molecule is CCN1CCCC1CNCC(O)COc1ccc(Br)cc1. The molecule has 2 atom stereocenters. The van der Waals surface area contributed by atoms with Gasteiger partial charge in [0.1, 0.15) is 18.5 Å². The number of aliphatic hydroxyl groups is 1. The molecule has 1 aromatic rings. The Balaban J connectivity index is 1.61. The van der Waals surface area contributed by atoms with Crippen molar-refractivity contribution in [2.75, 3.05) is 32.8 Å². The zero-order chi connectivity index (χ0) is 15.1. The standard InChI is InChI=1S/C16H25BrN2O2/c1-2-19-9-3-4-14(19)10-18-11-15(20)12-21-16-7-5-13(17)6-8-16/h5-8,14-15,18,20H,2-4,9-12H2,1H3. The first-order valence-corrected chi connectivity index (χ1v) is 8.49. The van der Waals surface area contributed by atoms with Gasteiger partial charge in [0.25, 0.3) is 0 Å². The van der Waals surface area contributed by atoms with E-state index in [9.17, 15) is 5.11 Å². The van der Waals surface area contributed by atoms with E-state index in [1.165, 1.54) is 19.4 Å². The normalized spacial score (nSPS) is 20.6. The highest BCUT2D eigenvalue weighted by molar-refractivity contribution is 9.10. The van der Waals surface area contributed by atoms with E-state index >= 15 is 0 Å². The van der Waals surface area contributed by atoms with E-state index in [-0.39, 0.29) is 0 Å². The number of halogens is 1. The summed E-state index contributed by atoms with van der Waals surface area (Å²) >= 11 is 3.38. The fourth-order valence-electron chi connectivity index (χ4n) is 2.74. The molecular formula is C16H25BrN2O2. The van der Waals surface area contributed by atoms with E-state index in [4.69, 9.17) is 4.74 Å². The summed E-state index contributed by atoms with van der Waals surface area (Å²) < 4.78 is 6.59. The second-order valence-electron chi connectivity index (χ2n) is 5.50. The molecule has 1 heterocycles. The number of hydrogen-bond acceptors (Lipinski definition) is 4. The molecule has 1 aliphatic rings. The van der Waals surface area contributed by atoms with Gasteiger partial charge in [0.15, 0.2) is 0 Å². The number of benzene rings is 1. The van der Waals surface area contributed by atoms with E-state index in [0.29, 0.717) is 19.2 Å². The molecule has 2 rings (SSSR count). The van der Waals surface area contributed by atoms with Gasteiger partial charge < -0.3 is 15.2 Å². The molecule has 0 bridgehead atoms. The van der Waals surface area contributed by atoms with Crippen LogP contribution in [0.4, 0.5) is 0 Å². The van der Waals surface area contributed by atoms with Crippen LogP contribution in [-0.2, 0) is 0 Å². The molecule has 0 aliphatic carbocycles. The summed E-state index contributed by atoms with van der Waals surface area (Å²) in [6, 6.07) is 8.26. The number of rotatable bonds is 8. The summed E-state index contributed by atoms with van der Waals surface area (Å²) in [4.78, 5) is 2.50. The van der Waals surface area contributed by atoms with Gasteiger partial charge in [-0.05, 0) is 50.2 Å². The summed E-state index contributed by atoms with van der Waals surface area (Å²) in [5, 5.41) is 13.3. The highest BCUT2D eigenvalue weighted by atomic mass is 79.9. The summed E-state index contributed by atoms with van der Waals surface area (Å²) in [5.74, 6) is 0.783. The quantitative estimate of drug-likeness (QED) is 0.749. The van der Waals surface area contributed by atoms with Gasteiger partial charge in [0.2, 0.25) is 0 Å². The monoisotopic (exact) mass is 356 g/mol. The van der Waals surface area contributed by atoms with Gasteiger partial charge in [-0.1, -0.05) is 22.9 Å². The van der Waals surface area contributed by atoms with Crippen LogP contribution in [0.5, 0.6) is 5.75 Å². The number of hydrogen-bond donors (Lipinski definition) is 2. The van der Waals surface area contributed by atoms with Crippen LogP contribution < -0.4 is 10.1 Å². The van der Waals surface area contributed by atoms with Gasteiger partial charge in [-0.25, -0.2) is 0 Å². The third-order valence-corrected chi connectivity index (χ3v) is 4.45. The van der Waals surface area contributed by atoms with Gasteiger partial charge in [-0.15, -0.1) is 0 Å². The van der Waals surface area contributed by atoms with Gasteiger partial charge in [0.05, 0.1) is 0 Å². The number of nitrogens with zero attached hydrogens (tertiary/aromatic N) is 1. The van der Waals surface area contributed by atoms with Crippen molar-refractivity contribution >= 4 is 15.9 Å². The van der Waals surface area contributed by atoms with Crippen LogP contribution in [0.25, 0.3) is 0 Å². The first kappa shape index (κ1) is 16.7. The first-order valence-electron chi connectivity index (χ1n) is 7.70. The van der Waals surface area contributed by atoms with Crippen molar-refractivity contribution in [3.63, 3.8) is 0 Å². The van der Waals surface area contributed by atoms with Crippen molar-refractivity contribution in [3.05, 3.63) is 28.7 Å². The first-order chi connectivity index (χ1) is 10.2. The third-order valence-electron chi connectivity index (χ3n) is 3.92. The lowest BCUT2D eigenvalue weighted by molar-refractivity contribution is 0.104. The molecule has 0 amide bonds. The molecule has 1 aliphatic heterocycles. The lowest BCUT2D eigenvalue weighted by atomic mass is 10.2. The Bertz CT molecular complexity index is 413. The van der Waals surface area contributed by atoms with E-state index in [0.717, 1.165) is 23.3 Å². The average molecular weight is 357 g/mol. The maximum absolute atomic E-state index is 9.95. The van der Waals surface area contributed by atoms with Crippen LogP contribution in [0.15, 0.2) is 28.7 Å². The number of likely N-dealkylation sites (N-methyl/N-ethyl adjacent to an activating group) is 1. The Morgan fingerprint density at radius 2 is 2.19 bits per heavy atom. The second kappa shape index (κ2) is 8.73. The van der Waals surface area contributed by atoms with Crippen LogP contribution in [0, 0.1) is 0 Å². The van der Waals surface area contributed by atoms with Crippen molar-refractivity contribution in [2.45, 2.75) is 31.9 Å². The molecule has 0 spiro atoms. The molecule has 1 aromatic carbocycles. The Kier molecular flexibility index (Phi) is 6.96.